The van der Waals surface area contributed by atoms with Gasteiger partial charge in [0.1, 0.15) is 17.7 Å². The zero-order valence-corrected chi connectivity index (χ0v) is 10.2. The van der Waals surface area contributed by atoms with E-state index in [0.717, 1.165) is 0 Å². The fraction of sp³-hybridized carbons (Fsp3) is 0.154. The number of oxazole rings is 1. The highest BCUT2D eigenvalue weighted by atomic mass is 16.4. The number of allylic oxidation sites excluding steroid dienone is 1. The molecule has 0 aliphatic rings. The van der Waals surface area contributed by atoms with Crippen LogP contribution in [0.5, 0.6) is 0 Å². The summed E-state index contributed by atoms with van der Waals surface area (Å²) in [6.07, 6.45) is 1.30. The Morgan fingerprint density at radius 3 is 2.84 bits per heavy atom. The lowest BCUT2D eigenvalue weighted by molar-refractivity contribution is 0.513. The lowest BCUT2D eigenvalue weighted by Crippen LogP contribution is -2.11. The molecule has 0 aliphatic heterocycles. The lowest BCUT2D eigenvalue weighted by atomic mass is 10.2. The van der Waals surface area contributed by atoms with Crippen LogP contribution in [0.2, 0.25) is 0 Å². The molecule has 0 atom stereocenters. The third-order valence-electron chi connectivity index (χ3n) is 2.61. The molecule has 0 amide bonds. The van der Waals surface area contributed by atoms with Gasteiger partial charge in [0.15, 0.2) is 5.58 Å². The van der Waals surface area contributed by atoms with E-state index < -0.39 is 5.76 Å². The summed E-state index contributed by atoms with van der Waals surface area (Å²) in [5.41, 5.74) is 1.77. The first-order chi connectivity index (χ1) is 9.19. The number of anilines is 1. The van der Waals surface area contributed by atoms with Gasteiger partial charge in [0.2, 0.25) is 0 Å². The van der Waals surface area contributed by atoms with Crippen molar-refractivity contribution < 1.29 is 4.42 Å². The number of aromatic nitrogens is 1. The van der Waals surface area contributed by atoms with E-state index in [1.165, 1.54) is 10.8 Å². The van der Waals surface area contributed by atoms with Crippen LogP contribution in [0.4, 0.5) is 5.69 Å². The van der Waals surface area contributed by atoms with Crippen LogP contribution in [0, 0.1) is 22.7 Å². The van der Waals surface area contributed by atoms with Gasteiger partial charge in [0, 0.05) is 24.5 Å². The summed E-state index contributed by atoms with van der Waals surface area (Å²) in [7, 11) is 0. The quantitative estimate of drug-likeness (QED) is 0.845. The number of nitrogens with zero attached hydrogens (tertiary/aromatic N) is 3. The Bertz CT molecular complexity index is 768. The highest BCUT2D eigenvalue weighted by Gasteiger charge is 2.07. The summed E-state index contributed by atoms with van der Waals surface area (Å²) in [4.78, 5) is 11.5. The van der Waals surface area contributed by atoms with E-state index in [4.69, 9.17) is 14.9 Å². The van der Waals surface area contributed by atoms with Crippen molar-refractivity contribution in [2.45, 2.75) is 13.5 Å². The van der Waals surface area contributed by atoms with E-state index in [2.05, 4.69) is 5.32 Å². The maximum absolute atomic E-state index is 11.5. The molecule has 0 saturated carbocycles. The van der Waals surface area contributed by atoms with E-state index in [1.54, 1.807) is 30.3 Å². The van der Waals surface area contributed by atoms with Gasteiger partial charge in [-0.2, -0.15) is 10.5 Å². The molecule has 1 aromatic carbocycles. The molecule has 1 heterocycles. The number of aryl methyl sites for hydroxylation is 1. The molecule has 0 saturated heterocycles. The van der Waals surface area contributed by atoms with Crippen LogP contribution in [-0.4, -0.2) is 4.57 Å². The second-order valence-electron chi connectivity index (χ2n) is 3.72. The number of hydrogen-bond acceptors (Lipinski definition) is 5. The molecule has 94 valence electrons. The average Bonchev–Trinajstić information content (AvgIpc) is 2.74. The van der Waals surface area contributed by atoms with E-state index in [9.17, 15) is 4.79 Å². The zero-order valence-electron chi connectivity index (χ0n) is 10.2. The lowest BCUT2D eigenvalue weighted by Gasteiger charge is -2.00. The van der Waals surface area contributed by atoms with Gasteiger partial charge >= 0.3 is 5.76 Å². The van der Waals surface area contributed by atoms with Gasteiger partial charge in [-0.3, -0.25) is 4.57 Å². The topological polar surface area (TPSA) is 94.8 Å². The van der Waals surface area contributed by atoms with E-state index in [0.29, 0.717) is 23.3 Å². The SMILES string of the molecule is CCn1c(=O)oc2cc(NC=C(C#N)C#N)ccc21. The number of hydrogen-bond donors (Lipinski definition) is 1. The maximum Gasteiger partial charge on any atom is 0.419 e. The number of nitrogens with one attached hydrogen (secondary N) is 1. The van der Waals surface area contributed by atoms with E-state index in [1.807, 2.05) is 6.92 Å². The minimum absolute atomic E-state index is 0.0346. The minimum atomic E-state index is -0.403. The second kappa shape index (κ2) is 5.11. The van der Waals surface area contributed by atoms with Crippen LogP contribution in [-0.2, 0) is 6.54 Å². The monoisotopic (exact) mass is 254 g/mol. The summed E-state index contributed by atoms with van der Waals surface area (Å²) in [5.74, 6) is -0.403. The van der Waals surface area contributed by atoms with E-state index >= 15 is 0 Å². The Morgan fingerprint density at radius 2 is 2.21 bits per heavy atom. The Balaban J connectivity index is 2.39. The first-order valence-electron chi connectivity index (χ1n) is 5.60. The average molecular weight is 254 g/mol. The maximum atomic E-state index is 11.5. The van der Waals surface area contributed by atoms with Gasteiger partial charge in [0.25, 0.3) is 0 Å². The molecule has 1 N–H and O–H groups in total. The molecule has 0 bridgehead atoms. The van der Waals surface area contributed by atoms with Crippen LogP contribution in [0.15, 0.2) is 39.2 Å². The van der Waals surface area contributed by atoms with Gasteiger partial charge < -0.3 is 9.73 Å². The molecule has 2 aromatic rings. The smallest absolute Gasteiger partial charge is 0.408 e. The van der Waals surface area contributed by atoms with Gasteiger partial charge in [-0.15, -0.1) is 0 Å². The first-order valence-corrected chi connectivity index (χ1v) is 5.60. The zero-order chi connectivity index (χ0) is 13.8. The minimum Gasteiger partial charge on any atom is -0.408 e. The summed E-state index contributed by atoms with van der Waals surface area (Å²) < 4.78 is 6.63. The molecule has 0 aliphatic carbocycles. The predicted octanol–water partition coefficient (Wildman–Crippen LogP) is 1.96. The largest absolute Gasteiger partial charge is 0.419 e. The molecule has 6 nitrogen and oxygen atoms in total. The molecule has 19 heavy (non-hydrogen) atoms. The highest BCUT2D eigenvalue weighted by molar-refractivity contribution is 5.77. The van der Waals surface area contributed by atoms with Crippen molar-refractivity contribution in [2.24, 2.45) is 0 Å². The van der Waals surface area contributed by atoms with Gasteiger partial charge in [-0.25, -0.2) is 4.79 Å². The summed E-state index contributed by atoms with van der Waals surface area (Å²) in [5, 5.41) is 20.0. The number of benzene rings is 1. The van der Waals surface area contributed by atoms with Gasteiger partial charge in [-0.1, -0.05) is 0 Å². The van der Waals surface area contributed by atoms with Crippen LogP contribution in [0.1, 0.15) is 6.92 Å². The Hall–Kier alpha value is -2.99. The Labute approximate surface area is 108 Å². The fourth-order valence-electron chi connectivity index (χ4n) is 1.70. The predicted molar refractivity (Wildman–Crippen MR) is 69.1 cm³/mol. The molecular weight excluding hydrogens is 244 g/mol. The molecule has 0 spiro atoms. The summed E-state index contributed by atoms with van der Waals surface area (Å²) in [6, 6.07) is 8.62. The van der Waals surface area contributed by atoms with Crippen molar-refractivity contribution >= 4 is 16.8 Å². The summed E-state index contributed by atoms with van der Waals surface area (Å²) in [6.45, 7) is 2.39. The van der Waals surface area contributed by atoms with Crippen LogP contribution < -0.4 is 11.1 Å². The van der Waals surface area contributed by atoms with Crippen molar-refractivity contribution in [2.75, 3.05) is 5.32 Å². The highest BCUT2D eigenvalue weighted by Crippen LogP contribution is 2.18. The summed E-state index contributed by atoms with van der Waals surface area (Å²) >= 11 is 0. The molecule has 6 heteroatoms. The Kier molecular flexibility index (Phi) is 3.35. The standard InChI is InChI=1S/C13H10N4O2/c1-2-17-11-4-3-10(5-12(11)19-13(17)18)16-8-9(6-14)7-15/h3-5,8,16H,2H2,1H3. The Morgan fingerprint density at radius 1 is 1.47 bits per heavy atom. The molecule has 0 unspecified atom stereocenters. The molecule has 0 radical (unpaired) electrons. The van der Waals surface area contributed by atoms with Gasteiger partial charge in [0.05, 0.1) is 5.52 Å². The van der Waals surface area contributed by atoms with Crippen molar-refractivity contribution in [3.05, 3.63) is 40.5 Å². The molecular formula is C13H10N4O2. The van der Waals surface area contributed by atoms with Crippen LogP contribution >= 0.6 is 0 Å². The third-order valence-corrected chi connectivity index (χ3v) is 2.61. The first kappa shape index (κ1) is 12.5. The van der Waals surface area contributed by atoms with E-state index in [-0.39, 0.29) is 5.57 Å². The van der Waals surface area contributed by atoms with Crippen molar-refractivity contribution in [3.63, 3.8) is 0 Å². The van der Waals surface area contributed by atoms with Crippen LogP contribution in [0.3, 0.4) is 0 Å². The molecule has 0 fully saturated rings. The second-order valence-corrected chi connectivity index (χ2v) is 3.72. The van der Waals surface area contributed by atoms with Gasteiger partial charge in [-0.05, 0) is 19.1 Å². The van der Waals surface area contributed by atoms with Crippen molar-refractivity contribution in [3.8, 4) is 12.1 Å². The number of nitriles is 2. The van der Waals surface area contributed by atoms with Crippen molar-refractivity contribution in [1.82, 2.24) is 4.57 Å². The third kappa shape index (κ3) is 2.33. The molecule has 1 aromatic heterocycles. The van der Waals surface area contributed by atoms with Crippen molar-refractivity contribution in [1.29, 1.82) is 10.5 Å². The number of rotatable bonds is 3. The molecule has 2 rings (SSSR count). The fourth-order valence-corrected chi connectivity index (χ4v) is 1.70. The van der Waals surface area contributed by atoms with Crippen LogP contribution in [0.25, 0.3) is 11.1 Å². The normalized spacial score (nSPS) is 9.63. The number of fused-ring (bicyclic) bond motifs is 1.